The number of hydrogen-bond acceptors (Lipinski definition) is 4. The van der Waals surface area contributed by atoms with Crippen LogP contribution in [0.1, 0.15) is 24.8 Å². The van der Waals surface area contributed by atoms with Crippen molar-refractivity contribution in [1.82, 2.24) is 4.90 Å². The molecule has 2 aliphatic rings. The van der Waals surface area contributed by atoms with Gasteiger partial charge in [0.1, 0.15) is 0 Å². The Balaban J connectivity index is 1.79. The van der Waals surface area contributed by atoms with Crippen LogP contribution in [-0.4, -0.2) is 29.1 Å². The van der Waals surface area contributed by atoms with Crippen LogP contribution >= 0.6 is 23.5 Å². The van der Waals surface area contributed by atoms with Gasteiger partial charge in [0.05, 0.1) is 10.6 Å². The van der Waals surface area contributed by atoms with Crippen LogP contribution in [0.25, 0.3) is 6.08 Å². The summed E-state index contributed by atoms with van der Waals surface area (Å²) < 4.78 is 0. The molecule has 110 valence electrons. The van der Waals surface area contributed by atoms with Crippen molar-refractivity contribution in [3.05, 3.63) is 34.7 Å². The van der Waals surface area contributed by atoms with E-state index in [0.717, 1.165) is 29.5 Å². The van der Waals surface area contributed by atoms with Crippen LogP contribution in [0.5, 0.6) is 0 Å². The number of thioether (sulfide) groups is 1. The molecule has 0 radical (unpaired) electrons. The molecule has 1 aromatic rings. The first-order valence-electron chi connectivity index (χ1n) is 7.01. The number of anilines is 1. The predicted molar refractivity (Wildman–Crippen MR) is 89.4 cm³/mol. The molecule has 3 rings (SSSR count). The molecule has 1 fully saturated rings. The quantitative estimate of drug-likeness (QED) is 0.666. The summed E-state index contributed by atoms with van der Waals surface area (Å²) in [6, 6.07) is 7.60. The van der Waals surface area contributed by atoms with Gasteiger partial charge in [-0.15, -0.1) is 0 Å². The minimum Gasteiger partial charge on any atom is -0.351 e. The van der Waals surface area contributed by atoms with Gasteiger partial charge in [0.15, 0.2) is 5.17 Å². The fourth-order valence-corrected chi connectivity index (χ4v) is 3.60. The van der Waals surface area contributed by atoms with Gasteiger partial charge >= 0.3 is 0 Å². The highest BCUT2D eigenvalue weighted by molar-refractivity contribution is 8.18. The van der Waals surface area contributed by atoms with E-state index < -0.39 is 0 Å². The van der Waals surface area contributed by atoms with E-state index in [4.69, 9.17) is 11.8 Å². The molecule has 0 bridgehead atoms. The Morgan fingerprint density at radius 2 is 2.00 bits per heavy atom. The van der Waals surface area contributed by atoms with E-state index in [2.05, 4.69) is 14.7 Å². The van der Waals surface area contributed by atoms with E-state index in [1.165, 1.54) is 31.0 Å². The molecule has 6 heteroatoms. The molecule has 21 heavy (non-hydrogen) atoms. The summed E-state index contributed by atoms with van der Waals surface area (Å²) in [5.74, 6) is -0.162. The smallest absolute Gasteiger partial charge is 0.286 e. The molecule has 1 saturated heterocycles. The molecule has 0 saturated carbocycles. The van der Waals surface area contributed by atoms with Crippen molar-refractivity contribution in [3.8, 4) is 0 Å². The van der Waals surface area contributed by atoms with Crippen molar-refractivity contribution in [2.24, 2.45) is 4.99 Å². The van der Waals surface area contributed by atoms with Crippen molar-refractivity contribution >= 4 is 46.4 Å². The number of amidine groups is 1. The first-order chi connectivity index (χ1) is 10.3. The highest BCUT2D eigenvalue weighted by atomic mass is 35.5. The lowest BCUT2D eigenvalue weighted by atomic mass is 10.1. The maximum atomic E-state index is 12.1. The molecular formula is C15H16ClN3OS. The van der Waals surface area contributed by atoms with Gasteiger partial charge in [-0.1, -0.05) is 18.2 Å². The van der Waals surface area contributed by atoms with Crippen molar-refractivity contribution in [1.29, 1.82) is 0 Å². The second-order valence-corrected chi connectivity index (χ2v) is 6.24. The molecule has 0 atom stereocenters. The molecule has 4 nitrogen and oxygen atoms in total. The molecule has 1 N–H and O–H groups in total. The van der Waals surface area contributed by atoms with Crippen LogP contribution in [0.2, 0.25) is 0 Å². The second kappa shape index (κ2) is 6.54. The zero-order valence-corrected chi connectivity index (χ0v) is 13.1. The highest BCUT2D eigenvalue weighted by Crippen LogP contribution is 2.32. The summed E-state index contributed by atoms with van der Waals surface area (Å²) >= 11 is 7.15. The number of hydrogen-bond donors (Lipinski definition) is 1. The Kier molecular flexibility index (Phi) is 4.51. The number of piperidine rings is 1. The van der Waals surface area contributed by atoms with E-state index in [1.807, 2.05) is 30.3 Å². The third-order valence-electron chi connectivity index (χ3n) is 3.58. The van der Waals surface area contributed by atoms with E-state index >= 15 is 0 Å². The lowest BCUT2D eigenvalue weighted by Gasteiger charge is -2.27. The van der Waals surface area contributed by atoms with Crippen molar-refractivity contribution in [2.45, 2.75) is 19.3 Å². The number of likely N-dealkylation sites (tertiary alicyclic amines) is 1. The molecule has 0 spiro atoms. The third kappa shape index (κ3) is 3.24. The topological polar surface area (TPSA) is 44.7 Å². The Morgan fingerprint density at radius 3 is 2.76 bits per heavy atom. The van der Waals surface area contributed by atoms with E-state index in [9.17, 15) is 4.79 Å². The van der Waals surface area contributed by atoms with Gasteiger partial charge in [-0.3, -0.25) is 9.63 Å². The molecule has 1 amide bonds. The molecule has 0 aromatic heterocycles. The number of nitrogens with one attached hydrogen (secondary N) is 1. The molecule has 2 heterocycles. The van der Waals surface area contributed by atoms with E-state index in [-0.39, 0.29) is 5.91 Å². The lowest BCUT2D eigenvalue weighted by molar-refractivity contribution is -0.113. The van der Waals surface area contributed by atoms with Crippen LogP contribution in [0.15, 0.2) is 34.2 Å². The summed E-state index contributed by atoms with van der Waals surface area (Å²) in [5.41, 5.74) is 1.67. The van der Waals surface area contributed by atoms with Gasteiger partial charge in [-0.2, -0.15) is 4.99 Å². The number of halogens is 1. The average Bonchev–Trinajstić information content (AvgIpc) is 2.90. The maximum absolute atomic E-state index is 12.1. The summed E-state index contributed by atoms with van der Waals surface area (Å²) in [5, 5.41) is 0.835. The fourth-order valence-electron chi connectivity index (χ4n) is 2.47. The maximum Gasteiger partial charge on any atom is 0.286 e. The van der Waals surface area contributed by atoms with Crippen molar-refractivity contribution in [2.75, 3.05) is 17.9 Å². The number of para-hydroxylation sites is 1. The molecule has 0 aliphatic carbocycles. The van der Waals surface area contributed by atoms with Gasteiger partial charge in [0.25, 0.3) is 5.91 Å². The van der Waals surface area contributed by atoms with E-state index in [1.54, 1.807) is 0 Å². The first kappa shape index (κ1) is 14.5. The first-order valence-corrected chi connectivity index (χ1v) is 8.20. The van der Waals surface area contributed by atoms with Gasteiger partial charge in [0, 0.05) is 30.4 Å². The molecular weight excluding hydrogens is 306 g/mol. The number of rotatable bonds is 2. The zero-order chi connectivity index (χ0) is 14.7. The van der Waals surface area contributed by atoms with Gasteiger partial charge in [-0.25, -0.2) is 0 Å². The number of benzene rings is 1. The van der Waals surface area contributed by atoms with Crippen LogP contribution in [0.3, 0.4) is 0 Å². The Hall–Kier alpha value is -1.46. The molecule has 2 aliphatic heterocycles. The monoisotopic (exact) mass is 321 g/mol. The van der Waals surface area contributed by atoms with Crippen LogP contribution in [0, 0.1) is 0 Å². The van der Waals surface area contributed by atoms with Crippen LogP contribution < -0.4 is 4.84 Å². The van der Waals surface area contributed by atoms with Crippen LogP contribution in [0.4, 0.5) is 5.69 Å². The van der Waals surface area contributed by atoms with Gasteiger partial charge in [0.2, 0.25) is 0 Å². The average molecular weight is 322 g/mol. The number of carbonyl (C=O) groups excluding carboxylic acids is 1. The minimum absolute atomic E-state index is 0.162. The van der Waals surface area contributed by atoms with Crippen molar-refractivity contribution < 1.29 is 4.79 Å². The lowest BCUT2D eigenvalue weighted by Crippen LogP contribution is -2.33. The fraction of sp³-hybridized carbons (Fsp3) is 0.333. The predicted octanol–water partition coefficient (Wildman–Crippen LogP) is 3.71. The van der Waals surface area contributed by atoms with Crippen molar-refractivity contribution in [3.63, 3.8) is 0 Å². The third-order valence-corrected chi connectivity index (χ3v) is 4.83. The number of nitrogens with zero attached hydrogens (tertiary/aromatic N) is 2. The summed E-state index contributed by atoms with van der Waals surface area (Å²) in [4.78, 5) is 21.7. The highest BCUT2D eigenvalue weighted by Gasteiger charge is 2.27. The molecule has 0 unspecified atom stereocenters. The second-order valence-electron chi connectivity index (χ2n) is 5.04. The number of amides is 1. The minimum atomic E-state index is -0.162. The number of carbonyl (C=O) groups is 1. The standard InChI is InChI=1S/C15H16ClN3OS/c16-18-12-7-3-2-6-11(12)10-13-14(20)17-15(21-13)19-8-4-1-5-9-19/h2-3,6-7,10,18H,1,4-5,8-9H2/b13-10-. The Bertz CT molecular complexity index is 609. The summed E-state index contributed by atoms with van der Waals surface area (Å²) in [7, 11) is 0. The Morgan fingerprint density at radius 1 is 1.24 bits per heavy atom. The summed E-state index contributed by atoms with van der Waals surface area (Å²) in [6.07, 6.45) is 5.45. The van der Waals surface area contributed by atoms with Crippen LogP contribution in [-0.2, 0) is 4.79 Å². The molecule has 1 aromatic carbocycles. The normalized spacial score (nSPS) is 20.8. The number of aliphatic imine (C=N–C) groups is 1. The Labute approximate surface area is 133 Å². The largest absolute Gasteiger partial charge is 0.351 e. The zero-order valence-electron chi connectivity index (χ0n) is 11.5. The van der Waals surface area contributed by atoms with Gasteiger partial charge in [-0.05, 0) is 43.2 Å². The van der Waals surface area contributed by atoms with E-state index in [0.29, 0.717) is 4.91 Å². The summed E-state index contributed by atoms with van der Waals surface area (Å²) in [6.45, 7) is 1.98. The SMILES string of the molecule is O=C1N=C(N2CCCCC2)S/C1=C\c1ccccc1NCl. The van der Waals surface area contributed by atoms with Gasteiger partial charge < -0.3 is 4.90 Å².